The lowest BCUT2D eigenvalue weighted by Gasteiger charge is -2.17. The molecule has 0 atom stereocenters. The number of hydrogen-bond acceptors (Lipinski definition) is 5. The van der Waals surface area contributed by atoms with Crippen molar-refractivity contribution in [2.75, 3.05) is 23.0 Å². The molecular weight excluding hydrogens is 433 g/mol. The van der Waals surface area contributed by atoms with Crippen LogP contribution in [0.4, 0.5) is 24.5 Å². The second-order valence-corrected chi connectivity index (χ2v) is 7.26. The van der Waals surface area contributed by atoms with Gasteiger partial charge in [0, 0.05) is 4.90 Å². The van der Waals surface area contributed by atoms with Crippen molar-refractivity contribution in [3.63, 3.8) is 0 Å². The van der Waals surface area contributed by atoms with Crippen LogP contribution in [0.2, 0.25) is 5.02 Å². The van der Waals surface area contributed by atoms with Crippen LogP contribution in [0, 0.1) is 0 Å². The van der Waals surface area contributed by atoms with Gasteiger partial charge in [-0.05, 0) is 30.3 Å². The third kappa shape index (κ3) is 5.01. The molecule has 2 aromatic rings. The van der Waals surface area contributed by atoms with Crippen molar-refractivity contribution in [3.8, 4) is 0 Å². The Kier molecular flexibility index (Phi) is 6.04. The van der Waals surface area contributed by atoms with Crippen molar-refractivity contribution < 1.29 is 32.3 Å². The van der Waals surface area contributed by atoms with E-state index in [-0.39, 0.29) is 22.2 Å². The number of thioether (sulfide) groups is 1. The van der Waals surface area contributed by atoms with Crippen LogP contribution in [-0.2, 0) is 20.5 Å². The van der Waals surface area contributed by atoms with E-state index >= 15 is 0 Å². The summed E-state index contributed by atoms with van der Waals surface area (Å²) in [6.07, 6.45) is -4.73. The van der Waals surface area contributed by atoms with E-state index in [9.17, 15) is 27.6 Å². The lowest BCUT2D eigenvalue weighted by atomic mass is 10.1. The minimum Gasteiger partial charge on any atom is -0.452 e. The van der Waals surface area contributed by atoms with E-state index < -0.39 is 35.9 Å². The number of carbonyl (C=O) groups excluding carboxylic acids is 3. The zero-order valence-corrected chi connectivity index (χ0v) is 16.0. The molecule has 0 radical (unpaired) electrons. The van der Waals surface area contributed by atoms with Crippen LogP contribution in [0.25, 0.3) is 0 Å². The smallest absolute Gasteiger partial charge is 0.418 e. The van der Waals surface area contributed by atoms with Crippen molar-refractivity contribution in [3.05, 3.63) is 52.5 Å². The van der Waals surface area contributed by atoms with Crippen LogP contribution < -0.4 is 10.6 Å². The topological polar surface area (TPSA) is 84.5 Å². The Hall–Kier alpha value is -2.72. The van der Waals surface area contributed by atoms with Gasteiger partial charge in [0.1, 0.15) is 0 Å². The van der Waals surface area contributed by atoms with E-state index in [4.69, 9.17) is 16.3 Å². The summed E-state index contributed by atoms with van der Waals surface area (Å²) < 4.78 is 44.0. The van der Waals surface area contributed by atoms with E-state index in [1.165, 1.54) is 30.0 Å². The standard InChI is InChI=1S/C18H12ClF3N2O4S/c19-11-3-1-2-10(18(20,21)22)16(11)24-14(25)7-28-17(27)9-4-5-13-12(6-9)23-15(26)8-29-13/h1-6H,7-8H2,(H,23,26)(H,24,25). The molecule has 0 spiro atoms. The predicted molar refractivity (Wildman–Crippen MR) is 101 cm³/mol. The minimum absolute atomic E-state index is 0.0769. The summed E-state index contributed by atoms with van der Waals surface area (Å²) in [4.78, 5) is 36.3. The van der Waals surface area contributed by atoms with Crippen molar-refractivity contribution in [1.82, 2.24) is 0 Å². The number of hydrogen-bond donors (Lipinski definition) is 2. The zero-order valence-electron chi connectivity index (χ0n) is 14.4. The second-order valence-electron chi connectivity index (χ2n) is 5.83. The summed E-state index contributed by atoms with van der Waals surface area (Å²) in [5.74, 6) is -1.81. The molecule has 29 heavy (non-hydrogen) atoms. The molecule has 2 amide bonds. The molecule has 0 fully saturated rings. The highest BCUT2D eigenvalue weighted by Crippen LogP contribution is 2.38. The monoisotopic (exact) mass is 444 g/mol. The van der Waals surface area contributed by atoms with E-state index in [1.807, 2.05) is 5.32 Å². The van der Waals surface area contributed by atoms with Gasteiger partial charge in [-0.2, -0.15) is 13.2 Å². The molecule has 2 aromatic carbocycles. The molecule has 3 rings (SSSR count). The highest BCUT2D eigenvalue weighted by atomic mass is 35.5. The van der Waals surface area contributed by atoms with Gasteiger partial charge in [-0.1, -0.05) is 17.7 Å². The molecule has 2 N–H and O–H groups in total. The molecular formula is C18H12ClF3N2O4S. The van der Waals surface area contributed by atoms with Gasteiger partial charge < -0.3 is 15.4 Å². The Morgan fingerprint density at radius 1 is 1.24 bits per heavy atom. The number of ether oxygens (including phenoxy) is 1. The Balaban J connectivity index is 1.66. The van der Waals surface area contributed by atoms with Crippen LogP contribution in [0.1, 0.15) is 15.9 Å². The molecule has 6 nitrogen and oxygen atoms in total. The highest BCUT2D eigenvalue weighted by Gasteiger charge is 2.34. The van der Waals surface area contributed by atoms with Gasteiger partial charge in [0.05, 0.1) is 33.3 Å². The quantitative estimate of drug-likeness (QED) is 0.690. The summed E-state index contributed by atoms with van der Waals surface area (Å²) in [6.45, 7) is -0.820. The SMILES string of the molecule is O=C1CSc2ccc(C(=O)OCC(=O)Nc3c(Cl)cccc3C(F)(F)F)cc2N1. The van der Waals surface area contributed by atoms with Crippen LogP contribution in [0.3, 0.4) is 0 Å². The highest BCUT2D eigenvalue weighted by molar-refractivity contribution is 8.00. The van der Waals surface area contributed by atoms with Crippen molar-refractivity contribution in [2.24, 2.45) is 0 Å². The third-order valence-corrected chi connectivity index (χ3v) is 5.15. The maximum atomic E-state index is 13.1. The molecule has 0 bridgehead atoms. The molecule has 1 heterocycles. The Bertz CT molecular complexity index is 998. The first-order chi connectivity index (χ1) is 13.6. The fraction of sp³-hybridized carbons (Fsp3) is 0.167. The first kappa shape index (κ1) is 21.0. The number of anilines is 2. The number of rotatable bonds is 4. The molecule has 0 aromatic heterocycles. The number of esters is 1. The number of amides is 2. The minimum atomic E-state index is -4.73. The average Bonchev–Trinajstić information content (AvgIpc) is 2.66. The van der Waals surface area contributed by atoms with Gasteiger partial charge in [0.25, 0.3) is 5.91 Å². The van der Waals surface area contributed by atoms with Gasteiger partial charge in [-0.15, -0.1) is 11.8 Å². The van der Waals surface area contributed by atoms with E-state index in [0.29, 0.717) is 5.69 Å². The first-order valence-corrected chi connectivity index (χ1v) is 9.41. The summed E-state index contributed by atoms with van der Waals surface area (Å²) in [6, 6.07) is 7.54. The summed E-state index contributed by atoms with van der Waals surface area (Å²) in [5.41, 5.74) is -1.21. The van der Waals surface area contributed by atoms with Crippen LogP contribution >= 0.6 is 23.4 Å². The van der Waals surface area contributed by atoms with E-state index in [0.717, 1.165) is 17.0 Å². The number of carbonyl (C=O) groups is 3. The summed E-state index contributed by atoms with van der Waals surface area (Å²) in [5, 5.41) is 4.33. The zero-order chi connectivity index (χ0) is 21.2. The van der Waals surface area contributed by atoms with Crippen LogP contribution in [-0.4, -0.2) is 30.1 Å². The van der Waals surface area contributed by atoms with Gasteiger partial charge in [0.15, 0.2) is 6.61 Å². The fourth-order valence-electron chi connectivity index (χ4n) is 2.49. The van der Waals surface area contributed by atoms with E-state index in [2.05, 4.69) is 5.32 Å². The second kappa shape index (κ2) is 8.34. The molecule has 0 unspecified atom stereocenters. The first-order valence-electron chi connectivity index (χ1n) is 8.04. The molecule has 1 aliphatic rings. The van der Waals surface area contributed by atoms with Gasteiger partial charge >= 0.3 is 12.1 Å². The Labute approximate surface area is 171 Å². The number of nitrogens with one attached hydrogen (secondary N) is 2. The third-order valence-electron chi connectivity index (χ3n) is 3.77. The van der Waals surface area contributed by atoms with Gasteiger partial charge in [-0.25, -0.2) is 4.79 Å². The molecule has 11 heteroatoms. The Morgan fingerprint density at radius 2 is 2.00 bits per heavy atom. The summed E-state index contributed by atoms with van der Waals surface area (Å²) >= 11 is 7.07. The lowest BCUT2D eigenvalue weighted by molar-refractivity contribution is -0.137. The number of para-hydroxylation sites is 1. The maximum Gasteiger partial charge on any atom is 0.418 e. The average molecular weight is 445 g/mol. The Morgan fingerprint density at radius 3 is 2.72 bits per heavy atom. The van der Waals surface area contributed by atoms with Crippen LogP contribution in [0.15, 0.2) is 41.3 Å². The number of fused-ring (bicyclic) bond motifs is 1. The predicted octanol–water partition coefficient (Wildman–Crippen LogP) is 4.20. The lowest BCUT2D eigenvalue weighted by Crippen LogP contribution is -2.23. The molecule has 0 saturated heterocycles. The maximum absolute atomic E-state index is 13.1. The van der Waals surface area contributed by atoms with Crippen molar-refractivity contribution in [1.29, 1.82) is 0 Å². The van der Waals surface area contributed by atoms with Gasteiger partial charge in [-0.3, -0.25) is 9.59 Å². The van der Waals surface area contributed by atoms with E-state index in [1.54, 1.807) is 6.07 Å². The van der Waals surface area contributed by atoms with Crippen LogP contribution in [0.5, 0.6) is 0 Å². The molecule has 0 aliphatic carbocycles. The molecule has 1 aliphatic heterocycles. The fourth-order valence-corrected chi connectivity index (χ4v) is 3.50. The van der Waals surface area contributed by atoms with Crippen molar-refractivity contribution in [2.45, 2.75) is 11.1 Å². The normalized spacial score (nSPS) is 13.3. The number of benzene rings is 2. The largest absolute Gasteiger partial charge is 0.452 e. The summed E-state index contributed by atoms with van der Waals surface area (Å²) in [7, 11) is 0. The molecule has 152 valence electrons. The molecule has 0 saturated carbocycles. The van der Waals surface area contributed by atoms with Gasteiger partial charge in [0.2, 0.25) is 5.91 Å². The van der Waals surface area contributed by atoms with Crippen molar-refractivity contribution >= 4 is 52.5 Å². The number of halogens is 4. The number of alkyl halides is 3.